The number of nitrogens with two attached hydrogens (primary N) is 1. The zero-order valence-corrected chi connectivity index (χ0v) is 11.4. The molecule has 1 unspecified atom stereocenters. The lowest BCUT2D eigenvalue weighted by atomic mass is 9.99. The minimum absolute atomic E-state index is 0.271. The van der Waals surface area contributed by atoms with Crippen LogP contribution in [-0.4, -0.2) is 9.78 Å². The number of hydrogen-bond donors (Lipinski definition) is 1. The molecule has 0 fully saturated rings. The van der Waals surface area contributed by atoms with Crippen LogP contribution < -0.4 is 5.73 Å². The van der Waals surface area contributed by atoms with Crippen molar-refractivity contribution in [2.75, 3.05) is 0 Å². The molecule has 0 aliphatic heterocycles. The van der Waals surface area contributed by atoms with Gasteiger partial charge in [0.25, 0.3) is 0 Å². The molecule has 1 aromatic heterocycles. The Morgan fingerprint density at radius 3 is 2.62 bits per heavy atom. The predicted octanol–water partition coefficient (Wildman–Crippen LogP) is 3.21. The van der Waals surface area contributed by atoms with Crippen LogP contribution in [0.25, 0.3) is 0 Å². The topological polar surface area (TPSA) is 43.8 Å². The highest BCUT2D eigenvalue weighted by atomic mass is 19.4. The lowest BCUT2D eigenvalue weighted by molar-refractivity contribution is -0.140. The molecule has 0 saturated heterocycles. The quantitative estimate of drug-likeness (QED) is 0.881. The summed E-state index contributed by atoms with van der Waals surface area (Å²) in [5.74, 6) is -1.29. The molecule has 1 atom stereocenters. The van der Waals surface area contributed by atoms with Crippen molar-refractivity contribution in [1.82, 2.24) is 9.78 Å². The fourth-order valence-electron chi connectivity index (χ4n) is 2.08. The van der Waals surface area contributed by atoms with Gasteiger partial charge < -0.3 is 5.73 Å². The number of aromatic nitrogens is 2. The summed E-state index contributed by atoms with van der Waals surface area (Å²) < 4.78 is 52.8. The molecule has 0 spiro atoms. The summed E-state index contributed by atoms with van der Waals surface area (Å²) in [4.78, 5) is 0. The Bertz CT molecular complexity index is 619. The number of benzene rings is 1. The fourth-order valence-corrected chi connectivity index (χ4v) is 2.08. The van der Waals surface area contributed by atoms with Crippen molar-refractivity contribution in [1.29, 1.82) is 0 Å². The first-order chi connectivity index (χ1) is 9.77. The molecular weight excluding hydrogens is 286 g/mol. The maximum Gasteiger partial charge on any atom is 0.419 e. The number of halogens is 4. The summed E-state index contributed by atoms with van der Waals surface area (Å²) in [7, 11) is 1.78. The number of rotatable bonds is 4. The van der Waals surface area contributed by atoms with Crippen LogP contribution in [0.2, 0.25) is 0 Å². The van der Waals surface area contributed by atoms with Gasteiger partial charge >= 0.3 is 6.18 Å². The van der Waals surface area contributed by atoms with E-state index in [1.807, 2.05) is 6.20 Å². The van der Waals surface area contributed by atoms with Gasteiger partial charge in [-0.3, -0.25) is 4.68 Å². The van der Waals surface area contributed by atoms with Crippen LogP contribution >= 0.6 is 0 Å². The normalized spacial score (nSPS) is 13.4. The highest BCUT2D eigenvalue weighted by molar-refractivity contribution is 5.29. The van der Waals surface area contributed by atoms with Crippen LogP contribution in [0.15, 0.2) is 30.6 Å². The van der Waals surface area contributed by atoms with E-state index < -0.39 is 23.6 Å². The van der Waals surface area contributed by atoms with Gasteiger partial charge in [0.05, 0.1) is 11.8 Å². The lowest BCUT2D eigenvalue weighted by Gasteiger charge is -2.15. The van der Waals surface area contributed by atoms with Crippen LogP contribution in [0.4, 0.5) is 17.6 Å². The van der Waals surface area contributed by atoms with Gasteiger partial charge in [-0.15, -0.1) is 0 Å². The monoisotopic (exact) mass is 301 g/mol. The number of aryl methyl sites for hydroxylation is 2. The highest BCUT2D eigenvalue weighted by Crippen LogP contribution is 2.33. The van der Waals surface area contributed by atoms with Gasteiger partial charge in [-0.05, 0) is 36.1 Å². The van der Waals surface area contributed by atoms with Gasteiger partial charge in [0.1, 0.15) is 5.82 Å². The predicted molar refractivity (Wildman–Crippen MR) is 69.9 cm³/mol. The maximum atomic E-state index is 13.2. The molecule has 2 rings (SSSR count). The average molecular weight is 301 g/mol. The zero-order chi connectivity index (χ0) is 15.6. The molecule has 21 heavy (non-hydrogen) atoms. The third-order valence-corrected chi connectivity index (χ3v) is 3.23. The Morgan fingerprint density at radius 2 is 2.05 bits per heavy atom. The summed E-state index contributed by atoms with van der Waals surface area (Å²) in [6, 6.07) is 2.29. The van der Waals surface area contributed by atoms with Gasteiger partial charge in [0, 0.05) is 19.3 Å². The molecule has 1 heterocycles. The molecule has 7 heteroatoms. The van der Waals surface area contributed by atoms with Gasteiger partial charge in [-0.25, -0.2) is 4.39 Å². The Balaban J connectivity index is 2.10. The van der Waals surface area contributed by atoms with Crippen molar-refractivity contribution in [2.24, 2.45) is 12.8 Å². The SMILES string of the molecule is Cn1cc(CCC(N)c2ccc(F)c(C(F)(F)F)c2)cn1. The molecule has 0 amide bonds. The van der Waals surface area contributed by atoms with Crippen molar-refractivity contribution in [3.05, 3.63) is 53.1 Å². The zero-order valence-electron chi connectivity index (χ0n) is 11.4. The number of alkyl halides is 3. The summed E-state index contributed by atoms with van der Waals surface area (Å²) in [5, 5.41) is 4.00. The van der Waals surface area contributed by atoms with E-state index in [9.17, 15) is 17.6 Å². The molecule has 2 aromatic rings. The van der Waals surface area contributed by atoms with Crippen LogP contribution in [0.3, 0.4) is 0 Å². The Morgan fingerprint density at radius 1 is 1.33 bits per heavy atom. The van der Waals surface area contributed by atoms with E-state index in [2.05, 4.69) is 5.10 Å². The van der Waals surface area contributed by atoms with E-state index >= 15 is 0 Å². The van der Waals surface area contributed by atoms with Crippen molar-refractivity contribution in [3.63, 3.8) is 0 Å². The maximum absolute atomic E-state index is 13.2. The van der Waals surface area contributed by atoms with Crippen LogP contribution in [0, 0.1) is 5.82 Å². The lowest BCUT2D eigenvalue weighted by Crippen LogP contribution is -2.14. The molecule has 0 saturated carbocycles. The van der Waals surface area contributed by atoms with E-state index in [1.165, 1.54) is 6.07 Å². The largest absolute Gasteiger partial charge is 0.419 e. The first-order valence-electron chi connectivity index (χ1n) is 6.37. The van der Waals surface area contributed by atoms with Crippen LogP contribution in [0.1, 0.15) is 29.2 Å². The fraction of sp³-hybridized carbons (Fsp3) is 0.357. The summed E-state index contributed by atoms with van der Waals surface area (Å²) in [6.07, 6.45) is -0.178. The standard InChI is InChI=1S/C14H15F4N3/c1-21-8-9(7-20-21)2-5-13(19)10-3-4-12(15)11(6-10)14(16,17)18/h3-4,6-8,13H,2,5,19H2,1H3. The highest BCUT2D eigenvalue weighted by Gasteiger charge is 2.34. The van der Waals surface area contributed by atoms with Gasteiger partial charge in [0.15, 0.2) is 0 Å². The second-order valence-corrected chi connectivity index (χ2v) is 4.90. The summed E-state index contributed by atoms with van der Waals surface area (Å²) in [6.45, 7) is 0. The van der Waals surface area contributed by atoms with Crippen molar-refractivity contribution in [3.8, 4) is 0 Å². The third kappa shape index (κ3) is 3.81. The minimum atomic E-state index is -4.72. The Kier molecular flexibility index (Phi) is 4.32. The van der Waals surface area contributed by atoms with Crippen molar-refractivity contribution < 1.29 is 17.6 Å². The number of hydrogen-bond acceptors (Lipinski definition) is 2. The molecule has 0 bridgehead atoms. The first kappa shape index (κ1) is 15.5. The molecule has 3 nitrogen and oxygen atoms in total. The number of nitrogens with zero attached hydrogens (tertiary/aromatic N) is 2. The second-order valence-electron chi connectivity index (χ2n) is 4.90. The molecule has 0 aliphatic rings. The minimum Gasteiger partial charge on any atom is -0.324 e. The van der Waals surface area contributed by atoms with Gasteiger partial charge in [0.2, 0.25) is 0 Å². The van der Waals surface area contributed by atoms with E-state index in [4.69, 9.17) is 5.73 Å². The molecular formula is C14H15F4N3. The first-order valence-corrected chi connectivity index (χ1v) is 6.37. The second kappa shape index (κ2) is 5.85. The molecule has 1 aromatic carbocycles. The van der Waals surface area contributed by atoms with E-state index in [-0.39, 0.29) is 5.56 Å². The average Bonchev–Trinajstić information content (AvgIpc) is 2.81. The molecule has 114 valence electrons. The van der Waals surface area contributed by atoms with E-state index in [0.717, 1.165) is 17.7 Å². The Labute approximate surface area is 119 Å². The van der Waals surface area contributed by atoms with E-state index in [0.29, 0.717) is 12.8 Å². The van der Waals surface area contributed by atoms with Gasteiger partial charge in [-0.2, -0.15) is 18.3 Å². The Hall–Kier alpha value is -1.89. The van der Waals surface area contributed by atoms with Gasteiger partial charge in [-0.1, -0.05) is 6.07 Å². The summed E-state index contributed by atoms with van der Waals surface area (Å²) in [5.41, 5.74) is 5.84. The van der Waals surface area contributed by atoms with Crippen LogP contribution in [-0.2, 0) is 19.6 Å². The van der Waals surface area contributed by atoms with E-state index in [1.54, 1.807) is 17.9 Å². The molecule has 0 radical (unpaired) electrons. The third-order valence-electron chi connectivity index (χ3n) is 3.23. The molecule has 0 aliphatic carbocycles. The smallest absolute Gasteiger partial charge is 0.324 e. The van der Waals surface area contributed by atoms with Crippen molar-refractivity contribution in [2.45, 2.75) is 25.1 Å². The van der Waals surface area contributed by atoms with Crippen LogP contribution in [0.5, 0.6) is 0 Å². The van der Waals surface area contributed by atoms with Crippen molar-refractivity contribution >= 4 is 0 Å². The summed E-state index contributed by atoms with van der Waals surface area (Å²) >= 11 is 0. The molecule has 2 N–H and O–H groups in total.